The zero-order valence-electron chi connectivity index (χ0n) is 21.4. The maximum absolute atomic E-state index is 13.4. The number of H-pyrrole nitrogens is 1. The molecule has 1 atom stereocenters. The van der Waals surface area contributed by atoms with Crippen molar-refractivity contribution in [3.63, 3.8) is 0 Å². The van der Waals surface area contributed by atoms with Crippen LogP contribution in [0.2, 0.25) is 0 Å². The Morgan fingerprint density at radius 1 is 0.921 bits per heavy atom. The number of methoxy groups -OCH3 is 3. The second kappa shape index (κ2) is 10.3. The third-order valence-corrected chi connectivity index (χ3v) is 6.91. The van der Waals surface area contributed by atoms with Crippen LogP contribution in [0.1, 0.15) is 22.7 Å². The van der Waals surface area contributed by atoms with E-state index < -0.39 is 17.7 Å². The Labute approximate surface area is 220 Å². The molecule has 194 valence electrons. The number of aliphatic hydroxyl groups excluding tert-OH is 1. The van der Waals surface area contributed by atoms with Gasteiger partial charge in [0.1, 0.15) is 11.5 Å². The van der Waals surface area contributed by atoms with Crippen LogP contribution in [0.3, 0.4) is 0 Å². The molecule has 1 amide bonds. The average molecular weight is 513 g/mol. The van der Waals surface area contributed by atoms with Gasteiger partial charge < -0.3 is 29.2 Å². The van der Waals surface area contributed by atoms with Crippen LogP contribution >= 0.6 is 0 Å². The second-order valence-corrected chi connectivity index (χ2v) is 8.95. The number of likely N-dealkylation sites (tertiary alicyclic amines) is 1. The van der Waals surface area contributed by atoms with E-state index in [-0.39, 0.29) is 17.9 Å². The standard InChI is InChI=1S/C30H28N2O6/c1-36-21-10-11-23-22(16-21)20(17-31-23)13-14-32-27(19-9-12-24(37-2)25(15-19)38-3)26(29(34)30(32)35)28(33)18-7-5-4-6-8-18/h4-12,15-17,27,31,33H,13-14H2,1-3H3/t27-/m1/s1. The number of Topliss-reactive ketones (excluding diaryl/α,β-unsaturated/α-hetero) is 1. The minimum atomic E-state index is -0.810. The van der Waals surface area contributed by atoms with E-state index in [1.807, 2.05) is 30.5 Å². The highest BCUT2D eigenvalue weighted by atomic mass is 16.5. The molecule has 2 heterocycles. The van der Waals surface area contributed by atoms with Crippen LogP contribution in [0.4, 0.5) is 0 Å². The Balaban J connectivity index is 1.58. The predicted octanol–water partition coefficient (Wildman–Crippen LogP) is 4.86. The van der Waals surface area contributed by atoms with E-state index in [0.29, 0.717) is 29.0 Å². The molecule has 5 rings (SSSR count). The molecule has 0 spiro atoms. The molecule has 0 unspecified atom stereocenters. The lowest BCUT2D eigenvalue weighted by molar-refractivity contribution is -0.139. The minimum Gasteiger partial charge on any atom is -0.507 e. The molecule has 2 N–H and O–H groups in total. The van der Waals surface area contributed by atoms with E-state index in [4.69, 9.17) is 14.2 Å². The van der Waals surface area contributed by atoms with Gasteiger partial charge in [0.2, 0.25) is 0 Å². The smallest absolute Gasteiger partial charge is 0.295 e. The lowest BCUT2D eigenvalue weighted by Crippen LogP contribution is -2.31. The molecule has 1 fully saturated rings. The van der Waals surface area contributed by atoms with Gasteiger partial charge in [-0.2, -0.15) is 0 Å². The number of ketones is 1. The number of rotatable bonds is 8. The third-order valence-electron chi connectivity index (χ3n) is 6.91. The molecule has 1 aliphatic heterocycles. The number of carbonyl (C=O) groups excluding carboxylic acids is 2. The molecule has 0 aliphatic carbocycles. The van der Waals surface area contributed by atoms with Crippen molar-refractivity contribution in [2.75, 3.05) is 27.9 Å². The number of nitrogens with one attached hydrogen (secondary N) is 1. The van der Waals surface area contributed by atoms with Gasteiger partial charge in [-0.3, -0.25) is 9.59 Å². The Morgan fingerprint density at radius 2 is 1.68 bits per heavy atom. The van der Waals surface area contributed by atoms with Gasteiger partial charge in [0.25, 0.3) is 11.7 Å². The molecular formula is C30H28N2O6. The molecule has 1 saturated heterocycles. The summed E-state index contributed by atoms with van der Waals surface area (Å²) in [6.07, 6.45) is 2.38. The highest BCUT2D eigenvalue weighted by molar-refractivity contribution is 6.46. The summed E-state index contributed by atoms with van der Waals surface area (Å²) >= 11 is 0. The summed E-state index contributed by atoms with van der Waals surface area (Å²) in [5.41, 5.74) is 3.05. The normalized spacial score (nSPS) is 16.7. The molecule has 3 aromatic carbocycles. The van der Waals surface area contributed by atoms with Crippen LogP contribution in [-0.2, 0) is 16.0 Å². The van der Waals surface area contributed by atoms with Gasteiger partial charge in [0, 0.05) is 29.2 Å². The number of amides is 1. The molecule has 38 heavy (non-hydrogen) atoms. The second-order valence-electron chi connectivity index (χ2n) is 8.95. The van der Waals surface area contributed by atoms with Crippen molar-refractivity contribution in [3.05, 3.63) is 95.2 Å². The number of aromatic nitrogens is 1. The average Bonchev–Trinajstić information content (AvgIpc) is 3.48. The summed E-state index contributed by atoms with van der Waals surface area (Å²) in [5.74, 6) is 0.0875. The first-order valence-corrected chi connectivity index (χ1v) is 12.2. The monoisotopic (exact) mass is 512 g/mol. The van der Waals surface area contributed by atoms with Crippen molar-refractivity contribution in [1.29, 1.82) is 0 Å². The fourth-order valence-electron chi connectivity index (χ4n) is 4.96. The van der Waals surface area contributed by atoms with Gasteiger partial charge in [0.15, 0.2) is 11.5 Å². The topological polar surface area (TPSA) is 101 Å². The Kier molecular flexibility index (Phi) is 6.79. The molecule has 8 heteroatoms. The number of benzene rings is 3. The summed E-state index contributed by atoms with van der Waals surface area (Å²) < 4.78 is 16.2. The van der Waals surface area contributed by atoms with Crippen LogP contribution in [-0.4, -0.2) is 54.6 Å². The van der Waals surface area contributed by atoms with Crippen LogP contribution < -0.4 is 14.2 Å². The van der Waals surface area contributed by atoms with Crippen LogP contribution in [0.15, 0.2) is 78.5 Å². The van der Waals surface area contributed by atoms with Gasteiger partial charge in [-0.15, -0.1) is 0 Å². The van der Waals surface area contributed by atoms with Crippen molar-refractivity contribution in [3.8, 4) is 17.2 Å². The number of aliphatic hydroxyl groups is 1. The summed E-state index contributed by atoms with van der Waals surface area (Å²) in [4.78, 5) is 31.5. The first-order chi connectivity index (χ1) is 18.5. The summed E-state index contributed by atoms with van der Waals surface area (Å²) in [5, 5.41) is 12.2. The zero-order chi connectivity index (χ0) is 26.8. The van der Waals surface area contributed by atoms with Crippen LogP contribution in [0.25, 0.3) is 16.7 Å². The van der Waals surface area contributed by atoms with Gasteiger partial charge >= 0.3 is 0 Å². The van der Waals surface area contributed by atoms with Crippen molar-refractivity contribution in [2.24, 2.45) is 0 Å². The maximum Gasteiger partial charge on any atom is 0.295 e. The largest absolute Gasteiger partial charge is 0.507 e. The maximum atomic E-state index is 13.4. The quantitative estimate of drug-likeness (QED) is 0.199. The number of hydrogen-bond donors (Lipinski definition) is 2. The van der Waals surface area contributed by atoms with Crippen molar-refractivity contribution >= 4 is 28.4 Å². The summed E-state index contributed by atoms with van der Waals surface area (Å²) in [6, 6.07) is 18.9. The molecule has 0 saturated carbocycles. The van der Waals surface area contributed by atoms with E-state index in [9.17, 15) is 14.7 Å². The van der Waals surface area contributed by atoms with Crippen LogP contribution in [0.5, 0.6) is 17.2 Å². The van der Waals surface area contributed by atoms with E-state index in [1.54, 1.807) is 49.6 Å². The SMILES string of the molecule is COc1ccc2[nH]cc(CCN3C(=O)C(=O)C(=C(O)c4ccccc4)[C@H]3c3ccc(OC)c(OC)c3)c2c1. The highest BCUT2D eigenvalue weighted by Gasteiger charge is 2.46. The fraction of sp³-hybridized carbons (Fsp3) is 0.200. The minimum absolute atomic E-state index is 0.0361. The van der Waals surface area contributed by atoms with E-state index in [2.05, 4.69) is 4.98 Å². The Morgan fingerprint density at radius 3 is 2.39 bits per heavy atom. The molecule has 0 bridgehead atoms. The molecule has 1 aliphatic rings. The fourth-order valence-corrected chi connectivity index (χ4v) is 4.96. The molecule has 8 nitrogen and oxygen atoms in total. The molecule has 4 aromatic rings. The van der Waals surface area contributed by atoms with Crippen molar-refractivity contribution in [2.45, 2.75) is 12.5 Å². The lowest BCUT2D eigenvalue weighted by atomic mass is 9.95. The Bertz CT molecular complexity index is 1540. The van der Waals surface area contributed by atoms with Crippen molar-refractivity contribution < 1.29 is 28.9 Å². The predicted molar refractivity (Wildman–Crippen MR) is 144 cm³/mol. The number of carbonyl (C=O) groups is 2. The van der Waals surface area contributed by atoms with E-state index in [1.165, 1.54) is 19.1 Å². The van der Waals surface area contributed by atoms with Gasteiger partial charge in [-0.05, 0) is 47.9 Å². The number of nitrogens with zero attached hydrogens (tertiary/aromatic N) is 1. The third kappa shape index (κ3) is 4.34. The van der Waals surface area contributed by atoms with Gasteiger partial charge in [0.05, 0.1) is 32.9 Å². The number of hydrogen-bond acceptors (Lipinski definition) is 6. The van der Waals surface area contributed by atoms with E-state index >= 15 is 0 Å². The van der Waals surface area contributed by atoms with Gasteiger partial charge in [-0.1, -0.05) is 36.4 Å². The molecule has 0 radical (unpaired) electrons. The first kappa shape index (κ1) is 25.0. The lowest BCUT2D eigenvalue weighted by Gasteiger charge is -2.26. The van der Waals surface area contributed by atoms with Crippen molar-refractivity contribution in [1.82, 2.24) is 9.88 Å². The zero-order valence-corrected chi connectivity index (χ0v) is 21.4. The number of ether oxygens (including phenoxy) is 3. The van der Waals surface area contributed by atoms with Gasteiger partial charge in [-0.25, -0.2) is 0 Å². The summed E-state index contributed by atoms with van der Waals surface area (Å²) in [6.45, 7) is 0.249. The Hall–Kier alpha value is -4.72. The number of aromatic amines is 1. The first-order valence-electron chi connectivity index (χ1n) is 12.2. The van der Waals surface area contributed by atoms with E-state index in [0.717, 1.165) is 22.2 Å². The number of fused-ring (bicyclic) bond motifs is 1. The molecule has 1 aromatic heterocycles. The molecular weight excluding hydrogens is 484 g/mol. The van der Waals surface area contributed by atoms with Crippen LogP contribution in [0, 0.1) is 0 Å². The summed E-state index contributed by atoms with van der Waals surface area (Å²) in [7, 11) is 4.67. The highest BCUT2D eigenvalue weighted by Crippen LogP contribution is 2.42.